The highest BCUT2D eigenvalue weighted by Crippen LogP contribution is 2.14. The Bertz CT molecular complexity index is 330. The van der Waals surface area contributed by atoms with Crippen LogP contribution in [-0.2, 0) is 6.42 Å². The van der Waals surface area contributed by atoms with E-state index in [0.29, 0.717) is 16.7 Å². The van der Waals surface area contributed by atoms with Gasteiger partial charge in [0.05, 0.1) is 0 Å². The summed E-state index contributed by atoms with van der Waals surface area (Å²) < 4.78 is 0.621. The molecule has 5 nitrogen and oxygen atoms in total. The molecule has 0 spiro atoms. The van der Waals surface area contributed by atoms with Crippen molar-refractivity contribution in [2.24, 2.45) is 5.73 Å². The third-order valence-corrected chi connectivity index (χ3v) is 2.01. The van der Waals surface area contributed by atoms with Crippen LogP contribution in [0.4, 0.5) is 5.82 Å². The second-order valence-corrected chi connectivity index (χ2v) is 3.56. The van der Waals surface area contributed by atoms with E-state index in [9.17, 15) is 10.1 Å². The summed E-state index contributed by atoms with van der Waals surface area (Å²) in [6.07, 6.45) is 0.638. The number of nitrogens with two attached hydrogens (primary N) is 1. The Labute approximate surface area is 88.6 Å². The van der Waals surface area contributed by atoms with Crippen molar-refractivity contribution < 1.29 is 4.92 Å². The first-order valence-electron chi connectivity index (χ1n) is 3.64. The number of rotatable bonds is 3. The van der Waals surface area contributed by atoms with Crippen molar-refractivity contribution in [1.82, 2.24) is 4.98 Å². The number of nitro groups is 1. The number of hydrogen-bond acceptors (Lipinski definition) is 4. The zero-order chi connectivity index (χ0) is 9.84. The molecule has 0 fully saturated rings. The Kier molecular flexibility index (Phi) is 3.55. The van der Waals surface area contributed by atoms with Gasteiger partial charge in [0.25, 0.3) is 0 Å². The van der Waals surface area contributed by atoms with E-state index in [2.05, 4.69) is 4.98 Å². The quantitative estimate of drug-likeness (QED) is 0.391. The summed E-state index contributed by atoms with van der Waals surface area (Å²) in [7, 11) is 0. The minimum atomic E-state index is -0.498. The van der Waals surface area contributed by atoms with Crippen LogP contribution in [0.5, 0.6) is 0 Å². The molecule has 2 N–H and O–H groups in total. The molecule has 1 heterocycles. The van der Waals surface area contributed by atoms with Gasteiger partial charge in [0, 0.05) is 28.7 Å². The van der Waals surface area contributed by atoms with Crippen molar-refractivity contribution in [3.63, 3.8) is 0 Å². The number of aromatic nitrogens is 1. The molecule has 0 aromatic carbocycles. The first-order valence-corrected chi connectivity index (χ1v) is 4.72. The summed E-state index contributed by atoms with van der Waals surface area (Å²) in [5.41, 5.74) is 6.20. The normalized spacial score (nSPS) is 10.0. The maximum atomic E-state index is 10.4. The smallest absolute Gasteiger partial charge is 0.358 e. The monoisotopic (exact) mass is 293 g/mol. The minimum Gasteiger partial charge on any atom is -0.358 e. The van der Waals surface area contributed by atoms with E-state index in [0.717, 1.165) is 5.56 Å². The third kappa shape index (κ3) is 2.88. The Morgan fingerprint density at radius 3 is 2.85 bits per heavy atom. The van der Waals surface area contributed by atoms with Gasteiger partial charge < -0.3 is 15.8 Å². The molecule has 0 aliphatic heterocycles. The maximum Gasteiger partial charge on any atom is 0.364 e. The molecular weight excluding hydrogens is 285 g/mol. The molecule has 70 valence electrons. The summed E-state index contributed by atoms with van der Waals surface area (Å²) in [5.74, 6) is -0.115. The average Bonchev–Trinajstić information content (AvgIpc) is 2.03. The van der Waals surface area contributed by atoms with E-state index in [1.54, 1.807) is 6.07 Å². The zero-order valence-corrected chi connectivity index (χ0v) is 8.89. The van der Waals surface area contributed by atoms with Crippen LogP contribution < -0.4 is 5.73 Å². The van der Waals surface area contributed by atoms with E-state index < -0.39 is 4.92 Å². The Morgan fingerprint density at radius 1 is 1.62 bits per heavy atom. The minimum absolute atomic E-state index is 0.115. The van der Waals surface area contributed by atoms with Crippen molar-refractivity contribution in [1.29, 1.82) is 0 Å². The van der Waals surface area contributed by atoms with Gasteiger partial charge >= 0.3 is 5.82 Å². The molecule has 1 aromatic heterocycles. The molecule has 0 radical (unpaired) electrons. The second kappa shape index (κ2) is 4.47. The Hall–Kier alpha value is -0.760. The fraction of sp³-hybridized carbons (Fsp3) is 0.286. The van der Waals surface area contributed by atoms with Crippen LogP contribution in [0.2, 0.25) is 0 Å². The Balaban J connectivity index is 3.03. The van der Waals surface area contributed by atoms with Crippen molar-refractivity contribution >= 4 is 28.4 Å². The molecule has 0 atom stereocenters. The van der Waals surface area contributed by atoms with Crippen molar-refractivity contribution in [2.45, 2.75) is 6.42 Å². The molecular formula is C7H8IN3O2. The lowest BCUT2D eigenvalue weighted by molar-refractivity contribution is -0.389. The predicted octanol–water partition coefficient (Wildman–Crippen LogP) is 1.10. The van der Waals surface area contributed by atoms with E-state index in [1.165, 1.54) is 6.07 Å². The van der Waals surface area contributed by atoms with Crippen LogP contribution >= 0.6 is 22.6 Å². The van der Waals surface area contributed by atoms with Gasteiger partial charge in [-0.1, -0.05) is 0 Å². The first-order chi connectivity index (χ1) is 6.13. The van der Waals surface area contributed by atoms with Gasteiger partial charge in [-0.15, -0.1) is 0 Å². The highest BCUT2D eigenvalue weighted by atomic mass is 127. The van der Waals surface area contributed by atoms with E-state index >= 15 is 0 Å². The lowest BCUT2D eigenvalue weighted by Gasteiger charge is -1.97. The van der Waals surface area contributed by atoms with E-state index in [4.69, 9.17) is 5.73 Å². The molecule has 0 unspecified atom stereocenters. The number of nitrogens with zero attached hydrogens (tertiary/aromatic N) is 2. The predicted molar refractivity (Wildman–Crippen MR) is 56.4 cm³/mol. The summed E-state index contributed by atoms with van der Waals surface area (Å²) in [4.78, 5) is 13.7. The van der Waals surface area contributed by atoms with Gasteiger partial charge in [0.1, 0.15) is 0 Å². The van der Waals surface area contributed by atoms with Crippen molar-refractivity contribution in [2.75, 3.05) is 6.54 Å². The fourth-order valence-electron chi connectivity index (χ4n) is 0.939. The van der Waals surface area contributed by atoms with Gasteiger partial charge in [-0.05, 0) is 34.5 Å². The summed E-state index contributed by atoms with van der Waals surface area (Å²) >= 11 is 1.95. The molecule has 0 bridgehead atoms. The van der Waals surface area contributed by atoms with Crippen LogP contribution in [0.25, 0.3) is 0 Å². The molecule has 0 amide bonds. The first kappa shape index (κ1) is 10.3. The number of halogens is 1. The highest BCUT2D eigenvalue weighted by Gasteiger charge is 2.10. The van der Waals surface area contributed by atoms with Gasteiger partial charge in [0.2, 0.25) is 3.70 Å². The standard InChI is InChI=1S/C7H8IN3O2/c8-6-3-5(1-2-9)4-7(10-6)11(12)13/h3-4H,1-2,9H2. The summed E-state index contributed by atoms with van der Waals surface area (Å²) in [6, 6.07) is 3.25. The fourth-order valence-corrected chi connectivity index (χ4v) is 1.59. The van der Waals surface area contributed by atoms with Crippen LogP contribution in [0, 0.1) is 13.8 Å². The molecule has 0 aliphatic rings. The maximum absolute atomic E-state index is 10.4. The van der Waals surface area contributed by atoms with Gasteiger partial charge in [-0.25, -0.2) is 0 Å². The highest BCUT2D eigenvalue weighted by molar-refractivity contribution is 14.1. The van der Waals surface area contributed by atoms with Crippen LogP contribution in [0.15, 0.2) is 12.1 Å². The third-order valence-electron chi connectivity index (χ3n) is 1.46. The molecule has 1 rings (SSSR count). The number of pyridine rings is 1. The lowest BCUT2D eigenvalue weighted by atomic mass is 10.2. The molecule has 0 aliphatic carbocycles. The van der Waals surface area contributed by atoms with Crippen LogP contribution in [0.3, 0.4) is 0 Å². The Morgan fingerprint density at radius 2 is 2.31 bits per heavy atom. The second-order valence-electron chi connectivity index (χ2n) is 2.45. The van der Waals surface area contributed by atoms with E-state index in [-0.39, 0.29) is 5.82 Å². The average molecular weight is 293 g/mol. The van der Waals surface area contributed by atoms with Crippen LogP contribution in [-0.4, -0.2) is 16.5 Å². The van der Waals surface area contributed by atoms with Crippen molar-refractivity contribution in [3.8, 4) is 0 Å². The summed E-state index contributed by atoms with van der Waals surface area (Å²) in [6.45, 7) is 0.483. The molecule has 6 heteroatoms. The van der Waals surface area contributed by atoms with Crippen molar-refractivity contribution in [3.05, 3.63) is 31.5 Å². The van der Waals surface area contributed by atoms with Crippen LogP contribution in [0.1, 0.15) is 5.56 Å². The largest absolute Gasteiger partial charge is 0.364 e. The SMILES string of the molecule is NCCc1cc(I)nc([N+](=O)[O-])c1. The lowest BCUT2D eigenvalue weighted by Crippen LogP contribution is -2.04. The topological polar surface area (TPSA) is 82.0 Å². The molecule has 0 saturated carbocycles. The zero-order valence-electron chi connectivity index (χ0n) is 6.74. The van der Waals surface area contributed by atoms with Gasteiger partial charge in [-0.3, -0.25) is 0 Å². The molecule has 0 saturated heterocycles. The van der Waals surface area contributed by atoms with E-state index in [1.807, 2.05) is 22.6 Å². The number of hydrogen-bond donors (Lipinski definition) is 1. The van der Waals surface area contributed by atoms with Gasteiger partial charge in [0.15, 0.2) is 0 Å². The van der Waals surface area contributed by atoms with Gasteiger partial charge in [-0.2, -0.15) is 0 Å². The summed E-state index contributed by atoms with van der Waals surface area (Å²) in [5, 5.41) is 10.4. The molecule has 1 aromatic rings. The molecule has 13 heavy (non-hydrogen) atoms.